The van der Waals surface area contributed by atoms with Crippen LogP contribution in [0.15, 0.2) is 0 Å². The van der Waals surface area contributed by atoms with E-state index in [1.54, 1.807) is 0 Å². The van der Waals surface area contributed by atoms with E-state index in [1.165, 1.54) is 12.8 Å². The maximum atomic E-state index is 4.96. The van der Waals surface area contributed by atoms with E-state index in [0.29, 0.717) is 0 Å². The van der Waals surface area contributed by atoms with Gasteiger partial charge in [0.25, 0.3) is 0 Å². The lowest BCUT2D eigenvalue weighted by Gasteiger charge is -1.99. The predicted molar refractivity (Wildman–Crippen MR) is 32.4 cm³/mol. The highest BCUT2D eigenvalue weighted by Crippen LogP contribution is 2.08. The zero-order chi connectivity index (χ0) is 5.82. The number of hydroxylamine groups is 1. The molecular formula is C6H13NO. The molecule has 0 saturated carbocycles. The van der Waals surface area contributed by atoms with Crippen molar-refractivity contribution in [3.05, 3.63) is 0 Å². The minimum absolute atomic E-state index is 0.778. The third-order valence-corrected chi connectivity index (χ3v) is 1.49. The van der Waals surface area contributed by atoms with Gasteiger partial charge in [0.05, 0.1) is 6.61 Å². The second kappa shape index (κ2) is 3.05. The molecule has 0 spiro atoms. The van der Waals surface area contributed by atoms with Gasteiger partial charge in [-0.05, 0) is 12.3 Å². The minimum Gasteiger partial charge on any atom is -0.301 e. The first-order chi connectivity index (χ1) is 3.93. The Morgan fingerprint density at radius 1 is 1.75 bits per heavy atom. The van der Waals surface area contributed by atoms with E-state index in [4.69, 9.17) is 4.84 Å². The molecule has 1 aliphatic rings. The molecule has 2 nitrogen and oxygen atoms in total. The summed E-state index contributed by atoms with van der Waals surface area (Å²) >= 11 is 0. The Labute approximate surface area is 50.2 Å². The number of hydrogen-bond acceptors (Lipinski definition) is 2. The summed E-state index contributed by atoms with van der Waals surface area (Å²) in [4.78, 5) is 4.96. The van der Waals surface area contributed by atoms with Crippen molar-refractivity contribution < 1.29 is 4.84 Å². The first-order valence-electron chi connectivity index (χ1n) is 3.28. The number of rotatable bonds is 2. The first kappa shape index (κ1) is 6.05. The molecule has 0 aromatic rings. The molecule has 1 aliphatic heterocycles. The van der Waals surface area contributed by atoms with Gasteiger partial charge in [-0.3, -0.25) is 0 Å². The van der Waals surface area contributed by atoms with Crippen LogP contribution in [0.1, 0.15) is 19.8 Å². The molecule has 0 bridgehead atoms. The van der Waals surface area contributed by atoms with Gasteiger partial charge in [-0.15, -0.1) is 0 Å². The van der Waals surface area contributed by atoms with Crippen LogP contribution in [-0.4, -0.2) is 13.2 Å². The topological polar surface area (TPSA) is 21.3 Å². The van der Waals surface area contributed by atoms with E-state index < -0.39 is 0 Å². The molecule has 1 heterocycles. The van der Waals surface area contributed by atoms with Crippen molar-refractivity contribution in [3.8, 4) is 0 Å². The average molecular weight is 115 g/mol. The second-order valence-corrected chi connectivity index (χ2v) is 2.31. The van der Waals surface area contributed by atoms with E-state index in [0.717, 1.165) is 19.1 Å². The van der Waals surface area contributed by atoms with Crippen molar-refractivity contribution in [3.63, 3.8) is 0 Å². The molecule has 48 valence electrons. The third-order valence-electron chi connectivity index (χ3n) is 1.49. The summed E-state index contributed by atoms with van der Waals surface area (Å²) in [5.74, 6) is 0.778. The highest BCUT2D eigenvalue weighted by molar-refractivity contribution is 4.61. The summed E-state index contributed by atoms with van der Waals surface area (Å²) in [7, 11) is 0. The molecule has 1 rings (SSSR count). The first-order valence-corrected chi connectivity index (χ1v) is 3.28. The molecule has 0 amide bonds. The van der Waals surface area contributed by atoms with Crippen molar-refractivity contribution in [1.82, 2.24) is 5.48 Å². The zero-order valence-electron chi connectivity index (χ0n) is 5.31. The molecule has 1 N–H and O–H groups in total. The Kier molecular flexibility index (Phi) is 2.30. The SMILES string of the molecule is CCCC1CNOC1. The average Bonchev–Trinajstić information content (AvgIpc) is 2.19. The summed E-state index contributed by atoms with van der Waals surface area (Å²) < 4.78 is 0. The van der Waals surface area contributed by atoms with Gasteiger partial charge in [-0.25, -0.2) is 5.48 Å². The fraction of sp³-hybridized carbons (Fsp3) is 1.00. The van der Waals surface area contributed by atoms with Gasteiger partial charge in [0.2, 0.25) is 0 Å². The normalized spacial score (nSPS) is 28.9. The quantitative estimate of drug-likeness (QED) is 0.578. The lowest BCUT2D eigenvalue weighted by molar-refractivity contribution is 0.0965. The van der Waals surface area contributed by atoms with Gasteiger partial charge in [0, 0.05) is 6.54 Å². The van der Waals surface area contributed by atoms with Gasteiger partial charge in [0.1, 0.15) is 0 Å². The number of nitrogens with one attached hydrogen (secondary N) is 1. The van der Waals surface area contributed by atoms with E-state index >= 15 is 0 Å². The van der Waals surface area contributed by atoms with Crippen LogP contribution in [-0.2, 0) is 4.84 Å². The van der Waals surface area contributed by atoms with Gasteiger partial charge < -0.3 is 4.84 Å². The molecule has 0 aromatic heterocycles. The van der Waals surface area contributed by atoms with E-state index in [1.807, 2.05) is 0 Å². The van der Waals surface area contributed by atoms with Crippen molar-refractivity contribution >= 4 is 0 Å². The van der Waals surface area contributed by atoms with Gasteiger partial charge in [0.15, 0.2) is 0 Å². The fourth-order valence-corrected chi connectivity index (χ4v) is 1.01. The molecule has 0 aromatic carbocycles. The van der Waals surface area contributed by atoms with Crippen LogP contribution in [0.5, 0.6) is 0 Å². The standard InChI is InChI=1S/C6H13NO/c1-2-3-6-4-7-8-5-6/h6-7H,2-5H2,1H3. The van der Waals surface area contributed by atoms with E-state index in [9.17, 15) is 0 Å². The van der Waals surface area contributed by atoms with Crippen LogP contribution in [0.2, 0.25) is 0 Å². The lowest BCUT2D eigenvalue weighted by Crippen LogP contribution is -2.07. The predicted octanol–water partition coefficient (Wildman–Crippen LogP) is 0.938. The van der Waals surface area contributed by atoms with Crippen LogP contribution in [0.25, 0.3) is 0 Å². The second-order valence-electron chi connectivity index (χ2n) is 2.31. The molecule has 0 aliphatic carbocycles. The molecule has 1 saturated heterocycles. The summed E-state index contributed by atoms with van der Waals surface area (Å²) in [6.45, 7) is 4.17. The smallest absolute Gasteiger partial charge is 0.0723 e. The molecule has 8 heavy (non-hydrogen) atoms. The van der Waals surface area contributed by atoms with E-state index in [-0.39, 0.29) is 0 Å². The molecule has 1 fully saturated rings. The van der Waals surface area contributed by atoms with Crippen LogP contribution in [0.3, 0.4) is 0 Å². The third kappa shape index (κ3) is 1.46. The van der Waals surface area contributed by atoms with Crippen LogP contribution < -0.4 is 5.48 Å². The van der Waals surface area contributed by atoms with E-state index in [2.05, 4.69) is 12.4 Å². The summed E-state index contributed by atoms with van der Waals surface area (Å²) in [6.07, 6.45) is 2.57. The lowest BCUT2D eigenvalue weighted by atomic mass is 10.1. The van der Waals surface area contributed by atoms with Gasteiger partial charge in [-0.2, -0.15) is 0 Å². The molecule has 2 heteroatoms. The fourth-order valence-electron chi connectivity index (χ4n) is 1.01. The Morgan fingerprint density at radius 3 is 3.12 bits per heavy atom. The Hall–Kier alpha value is -0.0800. The molecule has 1 atom stereocenters. The van der Waals surface area contributed by atoms with Gasteiger partial charge >= 0.3 is 0 Å². The minimum atomic E-state index is 0.778. The summed E-state index contributed by atoms with van der Waals surface area (Å²) in [6, 6.07) is 0. The molecule has 0 radical (unpaired) electrons. The van der Waals surface area contributed by atoms with Crippen molar-refractivity contribution in [2.45, 2.75) is 19.8 Å². The maximum absolute atomic E-state index is 4.96. The van der Waals surface area contributed by atoms with Crippen molar-refractivity contribution in [2.75, 3.05) is 13.2 Å². The van der Waals surface area contributed by atoms with Crippen molar-refractivity contribution in [1.29, 1.82) is 0 Å². The van der Waals surface area contributed by atoms with Gasteiger partial charge in [-0.1, -0.05) is 13.3 Å². The van der Waals surface area contributed by atoms with Crippen molar-refractivity contribution in [2.24, 2.45) is 5.92 Å². The Morgan fingerprint density at radius 2 is 2.62 bits per heavy atom. The zero-order valence-corrected chi connectivity index (χ0v) is 5.31. The number of hydrogen-bond donors (Lipinski definition) is 1. The van der Waals surface area contributed by atoms with Crippen LogP contribution in [0.4, 0.5) is 0 Å². The monoisotopic (exact) mass is 115 g/mol. The molecule has 1 unspecified atom stereocenters. The summed E-state index contributed by atoms with van der Waals surface area (Å²) in [5.41, 5.74) is 2.86. The maximum Gasteiger partial charge on any atom is 0.0723 e. The highest BCUT2D eigenvalue weighted by atomic mass is 16.7. The summed E-state index contributed by atoms with van der Waals surface area (Å²) in [5, 5.41) is 0. The van der Waals surface area contributed by atoms with Crippen LogP contribution in [0, 0.1) is 5.92 Å². The van der Waals surface area contributed by atoms with Crippen LogP contribution >= 0.6 is 0 Å². The molecular weight excluding hydrogens is 102 g/mol. The Bertz CT molecular complexity index is 59.5. The highest BCUT2D eigenvalue weighted by Gasteiger charge is 2.12. The Balaban J connectivity index is 2.06. The largest absolute Gasteiger partial charge is 0.301 e.